The molecule has 0 saturated heterocycles. The van der Waals surface area contributed by atoms with Gasteiger partial charge in [0.25, 0.3) is 0 Å². The maximum atomic E-state index is 11.7. The van der Waals surface area contributed by atoms with Crippen LogP contribution in [0.4, 0.5) is 4.79 Å². The molecule has 1 rings (SSSR count). The summed E-state index contributed by atoms with van der Waals surface area (Å²) in [6, 6.07) is -0.949. The van der Waals surface area contributed by atoms with Gasteiger partial charge in [0.15, 0.2) is 6.29 Å². The number of hydrogen-bond acceptors (Lipinski definition) is 5. The lowest BCUT2D eigenvalue weighted by Gasteiger charge is -2.24. The quantitative estimate of drug-likeness (QED) is 0.423. The van der Waals surface area contributed by atoms with E-state index in [4.69, 9.17) is 9.47 Å². The first kappa shape index (κ1) is 22.7. The molecule has 7 heteroatoms. The van der Waals surface area contributed by atoms with Crippen molar-refractivity contribution in [3.63, 3.8) is 0 Å². The van der Waals surface area contributed by atoms with Crippen LogP contribution in [0.15, 0.2) is 0 Å². The number of ether oxygens (including phenoxy) is 2. The summed E-state index contributed by atoms with van der Waals surface area (Å²) >= 11 is 0. The highest BCUT2D eigenvalue weighted by atomic mass is 16.6. The summed E-state index contributed by atoms with van der Waals surface area (Å²) in [6.45, 7) is 10.9. The molecule has 0 aliphatic heterocycles. The molecule has 1 aliphatic rings. The number of aliphatic hydroxyl groups excluding tert-OH is 1. The highest BCUT2D eigenvalue weighted by molar-refractivity contribution is 5.79. The number of nitrogens with one attached hydrogen (secondary N) is 1. The van der Waals surface area contributed by atoms with Gasteiger partial charge in [-0.1, -0.05) is 12.8 Å². The summed E-state index contributed by atoms with van der Waals surface area (Å²) < 4.78 is 10.7. The van der Waals surface area contributed by atoms with E-state index in [1.54, 1.807) is 20.8 Å². The van der Waals surface area contributed by atoms with E-state index < -0.39 is 30.0 Å². The molecule has 7 nitrogen and oxygen atoms in total. The van der Waals surface area contributed by atoms with E-state index in [0.29, 0.717) is 18.8 Å². The molecule has 1 amide bonds. The van der Waals surface area contributed by atoms with Crippen molar-refractivity contribution in [2.24, 2.45) is 11.8 Å². The van der Waals surface area contributed by atoms with E-state index in [9.17, 15) is 19.8 Å². The largest absolute Gasteiger partial charge is 0.480 e. The molecule has 0 aromatic rings. The number of aliphatic carboxylic acids is 1. The van der Waals surface area contributed by atoms with Crippen LogP contribution in [-0.4, -0.2) is 45.8 Å². The van der Waals surface area contributed by atoms with E-state index >= 15 is 0 Å². The lowest BCUT2D eigenvalue weighted by atomic mass is 10.1. The minimum absolute atomic E-state index is 0.171. The van der Waals surface area contributed by atoms with Gasteiger partial charge in [-0.3, -0.25) is 0 Å². The molecular weight excluding hydrogens is 338 g/mol. The number of carbonyl (C=O) groups is 2. The summed E-state index contributed by atoms with van der Waals surface area (Å²) in [6.07, 6.45) is 2.31. The van der Waals surface area contributed by atoms with Crippen molar-refractivity contribution in [2.75, 3.05) is 0 Å². The zero-order valence-electron chi connectivity index (χ0n) is 16.9. The van der Waals surface area contributed by atoms with E-state index in [2.05, 4.69) is 5.32 Å². The van der Waals surface area contributed by atoms with Crippen LogP contribution >= 0.6 is 0 Å². The second kappa shape index (κ2) is 9.04. The Labute approximate surface area is 156 Å². The lowest BCUT2D eigenvalue weighted by Crippen LogP contribution is -2.43. The predicted molar refractivity (Wildman–Crippen MR) is 97.7 cm³/mol. The maximum Gasteiger partial charge on any atom is 0.408 e. The fourth-order valence-corrected chi connectivity index (χ4v) is 2.86. The first-order valence-corrected chi connectivity index (χ1v) is 9.37. The average molecular weight is 373 g/mol. The molecule has 0 radical (unpaired) electrons. The highest BCUT2D eigenvalue weighted by Gasteiger charge is 2.43. The standard InChI is InChI=1S/C19H35NO6/c1-18(2,3)25-16(23)13-11-12(13)9-7-8-10-14(15(21)22)20-17(24)26-19(4,5)6/h12-14,16,23H,7-11H2,1-6H3,(H,20,24)(H,21,22). The first-order chi connectivity index (χ1) is 11.8. The van der Waals surface area contributed by atoms with Crippen molar-refractivity contribution in [1.29, 1.82) is 0 Å². The smallest absolute Gasteiger partial charge is 0.408 e. The van der Waals surface area contributed by atoms with Gasteiger partial charge in [0.2, 0.25) is 0 Å². The third kappa shape index (κ3) is 9.38. The SMILES string of the molecule is CC(C)(C)OC(=O)NC(CCCCC1CC1C(O)OC(C)(C)C)C(=O)O. The van der Waals surface area contributed by atoms with Gasteiger partial charge in [-0.2, -0.15) is 0 Å². The Hall–Kier alpha value is -1.34. The van der Waals surface area contributed by atoms with Gasteiger partial charge in [-0.25, -0.2) is 9.59 Å². The number of amides is 1. The van der Waals surface area contributed by atoms with Gasteiger partial charge in [-0.15, -0.1) is 0 Å². The topological polar surface area (TPSA) is 105 Å². The number of rotatable bonds is 9. The Morgan fingerprint density at radius 3 is 2.23 bits per heavy atom. The molecule has 152 valence electrons. The Bertz CT molecular complexity index is 479. The minimum Gasteiger partial charge on any atom is -0.480 e. The number of carbonyl (C=O) groups excluding carboxylic acids is 1. The van der Waals surface area contributed by atoms with Crippen LogP contribution < -0.4 is 5.32 Å². The predicted octanol–water partition coefficient (Wildman–Crippen LogP) is 3.29. The lowest BCUT2D eigenvalue weighted by molar-refractivity contribution is -0.177. The number of hydrogen-bond donors (Lipinski definition) is 3. The molecule has 1 saturated carbocycles. The Balaban J connectivity index is 2.26. The summed E-state index contributed by atoms with van der Waals surface area (Å²) in [4.78, 5) is 23.0. The van der Waals surface area contributed by atoms with E-state index in [1.165, 1.54) is 0 Å². The monoisotopic (exact) mass is 373 g/mol. The van der Waals surface area contributed by atoms with Gasteiger partial charge in [0.05, 0.1) is 5.60 Å². The summed E-state index contributed by atoms with van der Waals surface area (Å²) in [5.41, 5.74) is -1.03. The third-order valence-electron chi connectivity index (χ3n) is 4.12. The Morgan fingerprint density at radius 2 is 1.73 bits per heavy atom. The number of carboxylic acids is 1. The number of unbranched alkanes of at least 4 members (excludes halogenated alkanes) is 1. The Kier molecular flexibility index (Phi) is 7.89. The van der Waals surface area contributed by atoms with Crippen LogP contribution in [0, 0.1) is 11.8 Å². The highest BCUT2D eigenvalue weighted by Crippen LogP contribution is 2.45. The van der Waals surface area contributed by atoms with Crippen molar-refractivity contribution in [3.05, 3.63) is 0 Å². The fourth-order valence-electron chi connectivity index (χ4n) is 2.86. The van der Waals surface area contributed by atoms with Gasteiger partial charge >= 0.3 is 12.1 Å². The summed E-state index contributed by atoms with van der Waals surface area (Å²) in [5, 5.41) is 21.7. The zero-order valence-corrected chi connectivity index (χ0v) is 16.9. The average Bonchev–Trinajstić information content (AvgIpc) is 3.17. The van der Waals surface area contributed by atoms with Gasteiger partial charge in [0.1, 0.15) is 11.6 Å². The number of carboxylic acid groups (broad SMARTS) is 1. The van der Waals surface area contributed by atoms with Gasteiger partial charge < -0.3 is 25.0 Å². The molecule has 1 aliphatic carbocycles. The van der Waals surface area contributed by atoms with Crippen molar-refractivity contribution >= 4 is 12.1 Å². The van der Waals surface area contributed by atoms with Crippen molar-refractivity contribution in [1.82, 2.24) is 5.32 Å². The molecular formula is C19H35NO6. The summed E-state index contributed by atoms with van der Waals surface area (Å²) in [7, 11) is 0. The van der Waals surface area contributed by atoms with Crippen LogP contribution in [0.5, 0.6) is 0 Å². The molecule has 0 bridgehead atoms. The molecule has 0 heterocycles. The molecule has 4 atom stereocenters. The van der Waals surface area contributed by atoms with Gasteiger partial charge in [-0.05, 0) is 66.7 Å². The second-order valence-corrected chi connectivity index (χ2v) is 9.10. The first-order valence-electron chi connectivity index (χ1n) is 9.37. The van der Waals surface area contributed by atoms with Crippen LogP contribution in [0.25, 0.3) is 0 Å². The van der Waals surface area contributed by atoms with Crippen LogP contribution in [0.3, 0.4) is 0 Å². The molecule has 0 aromatic heterocycles. The Morgan fingerprint density at radius 1 is 1.12 bits per heavy atom. The van der Waals surface area contributed by atoms with E-state index in [1.807, 2.05) is 20.8 Å². The van der Waals surface area contributed by atoms with Crippen molar-refractivity contribution < 1.29 is 29.3 Å². The molecule has 4 unspecified atom stereocenters. The third-order valence-corrected chi connectivity index (χ3v) is 4.12. The zero-order chi connectivity index (χ0) is 20.1. The number of aliphatic hydroxyl groups is 1. The van der Waals surface area contributed by atoms with Crippen LogP contribution in [-0.2, 0) is 14.3 Å². The molecule has 3 N–H and O–H groups in total. The maximum absolute atomic E-state index is 11.7. The molecule has 1 fully saturated rings. The fraction of sp³-hybridized carbons (Fsp3) is 0.895. The number of alkyl carbamates (subject to hydrolysis) is 1. The molecule has 26 heavy (non-hydrogen) atoms. The van der Waals surface area contributed by atoms with E-state index in [0.717, 1.165) is 19.3 Å². The molecule has 0 aromatic carbocycles. The minimum atomic E-state index is -1.06. The van der Waals surface area contributed by atoms with Crippen molar-refractivity contribution in [2.45, 2.75) is 97.2 Å². The normalized spacial score (nSPS) is 22.4. The molecule has 0 spiro atoms. The van der Waals surface area contributed by atoms with Gasteiger partial charge in [0, 0.05) is 5.92 Å². The van der Waals surface area contributed by atoms with E-state index in [-0.39, 0.29) is 11.5 Å². The summed E-state index contributed by atoms with van der Waals surface area (Å²) in [5.74, 6) is -0.465. The van der Waals surface area contributed by atoms with Crippen LogP contribution in [0.1, 0.15) is 73.6 Å². The second-order valence-electron chi connectivity index (χ2n) is 9.10. The van der Waals surface area contributed by atoms with Crippen LogP contribution in [0.2, 0.25) is 0 Å². The van der Waals surface area contributed by atoms with Crippen molar-refractivity contribution in [3.8, 4) is 0 Å².